The number of carbonyl (C=O) groups is 1. The minimum Gasteiger partial charge on any atom is -0.495 e. The number of ether oxygens (including phenoxy) is 3. The van der Waals surface area contributed by atoms with E-state index >= 15 is 0 Å². The molecular weight excluding hydrogens is 480 g/mol. The van der Waals surface area contributed by atoms with Crippen LogP contribution in [0.25, 0.3) is 0 Å². The van der Waals surface area contributed by atoms with Gasteiger partial charge in [-0.05, 0) is 60.7 Å². The van der Waals surface area contributed by atoms with Gasteiger partial charge in [-0.2, -0.15) is 4.72 Å². The highest BCUT2D eigenvalue weighted by Crippen LogP contribution is 2.28. The second kappa shape index (κ2) is 12.4. The fourth-order valence-electron chi connectivity index (χ4n) is 3.77. The van der Waals surface area contributed by atoms with Crippen molar-refractivity contribution in [1.29, 1.82) is 0 Å². The predicted octanol–water partition coefficient (Wildman–Crippen LogP) is 3.27. The summed E-state index contributed by atoms with van der Waals surface area (Å²) in [5, 5.41) is 2.86. The summed E-state index contributed by atoms with van der Waals surface area (Å²) in [5.74, 6) is 1.01. The molecule has 0 fully saturated rings. The van der Waals surface area contributed by atoms with E-state index in [0.717, 1.165) is 16.7 Å². The van der Waals surface area contributed by atoms with Gasteiger partial charge < -0.3 is 19.5 Å². The summed E-state index contributed by atoms with van der Waals surface area (Å²) in [6.07, 6.45) is 0.721. The number of benzene rings is 3. The van der Waals surface area contributed by atoms with E-state index < -0.39 is 22.0 Å². The molecular formula is C27H32N2O6S. The Balaban J connectivity index is 1.77. The number of methoxy groups -OCH3 is 3. The highest BCUT2D eigenvalue weighted by atomic mass is 32.2. The van der Waals surface area contributed by atoms with Crippen LogP contribution in [0.3, 0.4) is 0 Å². The molecule has 0 heterocycles. The predicted molar refractivity (Wildman–Crippen MR) is 138 cm³/mol. The minimum absolute atomic E-state index is 0.0128. The van der Waals surface area contributed by atoms with Crippen molar-refractivity contribution in [2.45, 2.75) is 30.7 Å². The van der Waals surface area contributed by atoms with Crippen LogP contribution >= 0.6 is 0 Å². The maximum atomic E-state index is 13.3. The molecule has 192 valence electrons. The van der Waals surface area contributed by atoms with Crippen LogP contribution in [0, 0.1) is 6.92 Å². The number of carbonyl (C=O) groups excluding carboxylic acids is 1. The van der Waals surface area contributed by atoms with Gasteiger partial charge in [-0.25, -0.2) is 8.42 Å². The SMILES string of the molecule is COc1ccc(CCNC(=O)C(Cc2ccccc2)NS(=O)(=O)c2cc(C)ccc2OC)cc1OC. The van der Waals surface area contributed by atoms with Crippen molar-refractivity contribution in [3.05, 3.63) is 83.4 Å². The number of nitrogens with one attached hydrogen (secondary N) is 2. The summed E-state index contributed by atoms with van der Waals surface area (Å²) in [6.45, 7) is 2.11. The van der Waals surface area contributed by atoms with E-state index in [1.54, 1.807) is 39.3 Å². The quantitative estimate of drug-likeness (QED) is 0.386. The van der Waals surface area contributed by atoms with Crippen LogP contribution < -0.4 is 24.2 Å². The molecule has 36 heavy (non-hydrogen) atoms. The molecule has 0 aromatic heterocycles. The van der Waals surface area contributed by atoms with E-state index in [1.807, 2.05) is 42.5 Å². The van der Waals surface area contributed by atoms with Gasteiger partial charge in [-0.15, -0.1) is 0 Å². The van der Waals surface area contributed by atoms with Gasteiger partial charge in [0, 0.05) is 6.54 Å². The topological polar surface area (TPSA) is 103 Å². The second-order valence-corrected chi connectivity index (χ2v) is 9.93. The van der Waals surface area contributed by atoms with Crippen molar-refractivity contribution in [2.24, 2.45) is 0 Å². The summed E-state index contributed by atoms with van der Waals surface area (Å²) in [6, 6.07) is 18.7. The van der Waals surface area contributed by atoms with Crippen LogP contribution in [0.15, 0.2) is 71.6 Å². The van der Waals surface area contributed by atoms with Crippen molar-refractivity contribution in [1.82, 2.24) is 10.0 Å². The third kappa shape index (κ3) is 6.99. The van der Waals surface area contributed by atoms with Gasteiger partial charge in [0.2, 0.25) is 15.9 Å². The Kier molecular flexibility index (Phi) is 9.32. The summed E-state index contributed by atoms with van der Waals surface area (Å²) < 4.78 is 45.0. The molecule has 3 aromatic rings. The molecule has 1 atom stereocenters. The van der Waals surface area contributed by atoms with E-state index in [4.69, 9.17) is 14.2 Å². The molecule has 0 bridgehead atoms. The van der Waals surface area contributed by atoms with Crippen molar-refractivity contribution < 1.29 is 27.4 Å². The third-order valence-electron chi connectivity index (χ3n) is 5.67. The van der Waals surface area contributed by atoms with Crippen LogP contribution in [0.2, 0.25) is 0 Å². The minimum atomic E-state index is -4.05. The normalized spacial score (nSPS) is 12.0. The van der Waals surface area contributed by atoms with Gasteiger partial charge >= 0.3 is 0 Å². The average Bonchev–Trinajstić information content (AvgIpc) is 2.88. The zero-order valence-corrected chi connectivity index (χ0v) is 21.7. The van der Waals surface area contributed by atoms with Crippen LogP contribution in [-0.2, 0) is 27.7 Å². The number of hydrogen-bond donors (Lipinski definition) is 2. The largest absolute Gasteiger partial charge is 0.495 e. The zero-order valence-electron chi connectivity index (χ0n) is 20.9. The standard InChI is InChI=1S/C27H32N2O6S/c1-19-10-12-24(34-3)26(16-19)36(31,32)29-22(17-20-8-6-5-7-9-20)27(30)28-15-14-21-11-13-23(33-2)25(18-21)35-4/h5-13,16,18,22,29H,14-15,17H2,1-4H3,(H,28,30). The number of amides is 1. The lowest BCUT2D eigenvalue weighted by Gasteiger charge is -2.20. The molecule has 3 aromatic carbocycles. The molecule has 1 amide bonds. The zero-order chi connectivity index (χ0) is 26.1. The van der Waals surface area contributed by atoms with Gasteiger partial charge in [0.1, 0.15) is 16.7 Å². The maximum absolute atomic E-state index is 13.3. The van der Waals surface area contributed by atoms with Crippen LogP contribution in [-0.4, -0.2) is 48.2 Å². The number of rotatable bonds is 12. The number of sulfonamides is 1. The van der Waals surface area contributed by atoms with Gasteiger partial charge in [-0.3, -0.25) is 4.79 Å². The van der Waals surface area contributed by atoms with E-state index in [9.17, 15) is 13.2 Å². The molecule has 2 N–H and O–H groups in total. The van der Waals surface area contributed by atoms with Crippen molar-refractivity contribution >= 4 is 15.9 Å². The van der Waals surface area contributed by atoms with E-state index in [2.05, 4.69) is 10.0 Å². The fourth-order valence-corrected chi connectivity index (χ4v) is 5.22. The van der Waals surface area contributed by atoms with Crippen LogP contribution in [0.4, 0.5) is 0 Å². The Morgan fingerprint density at radius 2 is 1.50 bits per heavy atom. The molecule has 9 heteroatoms. The lowest BCUT2D eigenvalue weighted by atomic mass is 10.1. The summed E-state index contributed by atoms with van der Waals surface area (Å²) in [5.41, 5.74) is 2.53. The lowest BCUT2D eigenvalue weighted by molar-refractivity contribution is -0.122. The fraction of sp³-hybridized carbons (Fsp3) is 0.296. The molecule has 3 rings (SSSR count). The van der Waals surface area contributed by atoms with Crippen LogP contribution in [0.5, 0.6) is 17.2 Å². The molecule has 8 nitrogen and oxygen atoms in total. The highest BCUT2D eigenvalue weighted by Gasteiger charge is 2.28. The average molecular weight is 513 g/mol. The number of hydrogen-bond acceptors (Lipinski definition) is 6. The first-order valence-corrected chi connectivity index (χ1v) is 12.9. The van der Waals surface area contributed by atoms with Crippen molar-refractivity contribution in [2.75, 3.05) is 27.9 Å². The van der Waals surface area contributed by atoms with E-state index in [1.165, 1.54) is 13.2 Å². The smallest absolute Gasteiger partial charge is 0.244 e. The number of aryl methyl sites for hydroxylation is 1. The molecule has 0 aliphatic rings. The van der Waals surface area contributed by atoms with Gasteiger partial charge in [0.25, 0.3) is 0 Å². The monoisotopic (exact) mass is 512 g/mol. The first-order valence-electron chi connectivity index (χ1n) is 11.5. The maximum Gasteiger partial charge on any atom is 0.244 e. The molecule has 0 aliphatic carbocycles. The third-order valence-corrected chi connectivity index (χ3v) is 7.16. The van der Waals surface area contributed by atoms with E-state index in [0.29, 0.717) is 24.5 Å². The van der Waals surface area contributed by atoms with Crippen molar-refractivity contribution in [3.8, 4) is 17.2 Å². The molecule has 0 spiro atoms. The molecule has 1 unspecified atom stereocenters. The van der Waals surface area contributed by atoms with Gasteiger partial charge in [0.05, 0.1) is 21.3 Å². The summed E-state index contributed by atoms with van der Waals surface area (Å²) in [7, 11) is 0.489. The summed E-state index contributed by atoms with van der Waals surface area (Å²) >= 11 is 0. The second-order valence-electron chi connectivity index (χ2n) is 8.25. The Labute approximate surface area is 212 Å². The Bertz CT molecular complexity index is 1280. The Morgan fingerprint density at radius 1 is 0.833 bits per heavy atom. The highest BCUT2D eigenvalue weighted by molar-refractivity contribution is 7.89. The molecule has 0 saturated carbocycles. The first kappa shape index (κ1) is 27.0. The van der Waals surface area contributed by atoms with E-state index in [-0.39, 0.29) is 17.1 Å². The first-order chi connectivity index (χ1) is 17.3. The summed E-state index contributed by atoms with van der Waals surface area (Å²) in [4.78, 5) is 13.2. The van der Waals surface area contributed by atoms with Crippen LogP contribution in [0.1, 0.15) is 16.7 Å². The van der Waals surface area contributed by atoms with Gasteiger partial charge in [-0.1, -0.05) is 42.5 Å². The molecule has 0 aliphatic heterocycles. The molecule has 0 radical (unpaired) electrons. The van der Waals surface area contributed by atoms with Gasteiger partial charge in [0.15, 0.2) is 11.5 Å². The van der Waals surface area contributed by atoms with Crippen molar-refractivity contribution in [3.63, 3.8) is 0 Å². The lowest BCUT2D eigenvalue weighted by Crippen LogP contribution is -2.48. The molecule has 0 saturated heterocycles. The Morgan fingerprint density at radius 3 is 2.17 bits per heavy atom. The Hall–Kier alpha value is -3.56.